The summed E-state index contributed by atoms with van der Waals surface area (Å²) in [6.45, 7) is 4.32. The van der Waals surface area contributed by atoms with E-state index < -0.39 is 29.1 Å². The highest BCUT2D eigenvalue weighted by atomic mass is 32.2. The van der Waals surface area contributed by atoms with Crippen molar-refractivity contribution in [1.29, 1.82) is 0 Å². The standard InChI is InChI=1S/C16H22N2O6S/c1-12-3-4-13(2)14(9-12)25(21,22)17-10-16(20)24-11-15(19)18-5-7-23-8-6-18/h3-4,9,17H,5-8,10-11H2,1-2H3. The summed E-state index contributed by atoms with van der Waals surface area (Å²) in [4.78, 5) is 25.2. The van der Waals surface area contributed by atoms with Crippen molar-refractivity contribution < 1.29 is 27.5 Å². The van der Waals surface area contributed by atoms with Gasteiger partial charge in [-0.2, -0.15) is 4.72 Å². The second-order valence-corrected chi connectivity index (χ2v) is 7.48. The van der Waals surface area contributed by atoms with Crippen LogP contribution in [0.3, 0.4) is 0 Å². The quantitative estimate of drug-likeness (QED) is 0.707. The van der Waals surface area contributed by atoms with E-state index >= 15 is 0 Å². The summed E-state index contributed by atoms with van der Waals surface area (Å²) in [5.41, 5.74) is 1.37. The molecule has 1 aromatic rings. The number of carbonyl (C=O) groups excluding carboxylic acids is 2. The first-order valence-electron chi connectivity index (χ1n) is 7.87. The van der Waals surface area contributed by atoms with Gasteiger partial charge in [-0.15, -0.1) is 0 Å². The molecule has 1 fully saturated rings. The zero-order valence-corrected chi connectivity index (χ0v) is 15.1. The van der Waals surface area contributed by atoms with Crippen molar-refractivity contribution in [1.82, 2.24) is 9.62 Å². The molecule has 8 nitrogen and oxygen atoms in total. The number of morpholine rings is 1. The highest BCUT2D eigenvalue weighted by Gasteiger charge is 2.21. The van der Waals surface area contributed by atoms with Crippen LogP contribution in [0, 0.1) is 13.8 Å². The lowest BCUT2D eigenvalue weighted by atomic mass is 10.2. The number of amides is 1. The summed E-state index contributed by atoms with van der Waals surface area (Å²) in [6.07, 6.45) is 0. The van der Waals surface area contributed by atoms with Gasteiger partial charge in [0.1, 0.15) is 6.54 Å². The zero-order valence-electron chi connectivity index (χ0n) is 14.3. The second-order valence-electron chi connectivity index (χ2n) is 5.75. The highest BCUT2D eigenvalue weighted by molar-refractivity contribution is 7.89. The predicted molar refractivity (Wildman–Crippen MR) is 89.5 cm³/mol. The molecule has 2 rings (SSSR count). The smallest absolute Gasteiger partial charge is 0.321 e. The van der Waals surface area contributed by atoms with Gasteiger partial charge in [0.2, 0.25) is 10.0 Å². The summed E-state index contributed by atoms with van der Waals surface area (Å²) in [5, 5.41) is 0. The van der Waals surface area contributed by atoms with Crippen LogP contribution in [0.2, 0.25) is 0 Å². The third-order valence-electron chi connectivity index (χ3n) is 3.76. The van der Waals surface area contributed by atoms with Crippen molar-refractivity contribution in [3.8, 4) is 0 Å². The van der Waals surface area contributed by atoms with Crippen molar-refractivity contribution in [3.63, 3.8) is 0 Å². The van der Waals surface area contributed by atoms with Crippen LogP contribution in [0.15, 0.2) is 23.1 Å². The molecule has 0 aliphatic carbocycles. The second kappa shape index (κ2) is 8.41. The number of ether oxygens (including phenoxy) is 2. The molecule has 0 saturated carbocycles. The summed E-state index contributed by atoms with van der Waals surface area (Å²) < 4.78 is 36.8. The molecule has 1 amide bonds. The molecule has 138 valence electrons. The van der Waals surface area contributed by atoms with Gasteiger partial charge in [0.05, 0.1) is 18.1 Å². The van der Waals surface area contributed by atoms with Gasteiger partial charge in [-0.05, 0) is 31.0 Å². The molecule has 0 atom stereocenters. The number of benzene rings is 1. The molecule has 0 spiro atoms. The summed E-state index contributed by atoms with van der Waals surface area (Å²) in [5.74, 6) is -1.13. The van der Waals surface area contributed by atoms with Crippen LogP contribution in [-0.2, 0) is 29.1 Å². The van der Waals surface area contributed by atoms with Gasteiger partial charge in [0.15, 0.2) is 6.61 Å². The summed E-state index contributed by atoms with van der Waals surface area (Å²) in [7, 11) is -3.83. The fourth-order valence-electron chi connectivity index (χ4n) is 2.33. The molecule has 0 aromatic heterocycles. The molecule has 1 N–H and O–H groups in total. The molecule has 1 aliphatic heterocycles. The third-order valence-corrected chi connectivity index (χ3v) is 5.30. The molecule has 1 aromatic carbocycles. The molecule has 25 heavy (non-hydrogen) atoms. The Morgan fingerprint density at radius 2 is 1.92 bits per heavy atom. The highest BCUT2D eigenvalue weighted by Crippen LogP contribution is 2.16. The Balaban J connectivity index is 1.84. The van der Waals surface area contributed by atoms with Crippen LogP contribution >= 0.6 is 0 Å². The summed E-state index contributed by atoms with van der Waals surface area (Å²) >= 11 is 0. The van der Waals surface area contributed by atoms with E-state index in [1.165, 1.54) is 11.0 Å². The Labute approximate surface area is 147 Å². The first-order valence-corrected chi connectivity index (χ1v) is 9.36. The third kappa shape index (κ3) is 5.52. The maximum Gasteiger partial charge on any atom is 0.321 e. The van der Waals surface area contributed by atoms with Crippen molar-refractivity contribution in [3.05, 3.63) is 29.3 Å². The van der Waals surface area contributed by atoms with Gasteiger partial charge in [-0.25, -0.2) is 8.42 Å². The van der Waals surface area contributed by atoms with Crippen molar-refractivity contribution >= 4 is 21.9 Å². The number of aryl methyl sites for hydroxylation is 2. The number of hydrogen-bond donors (Lipinski definition) is 1. The topological polar surface area (TPSA) is 102 Å². The fraction of sp³-hybridized carbons (Fsp3) is 0.500. The fourth-order valence-corrected chi connectivity index (χ4v) is 3.62. The molecule has 0 radical (unpaired) electrons. The van der Waals surface area contributed by atoms with Crippen LogP contribution < -0.4 is 4.72 Å². The molecule has 0 unspecified atom stereocenters. The Bertz CT molecular complexity index is 741. The molecular weight excluding hydrogens is 348 g/mol. The maximum atomic E-state index is 12.3. The lowest BCUT2D eigenvalue weighted by Gasteiger charge is -2.26. The molecule has 0 bridgehead atoms. The first-order chi connectivity index (χ1) is 11.8. The van der Waals surface area contributed by atoms with E-state index in [1.807, 2.05) is 0 Å². The summed E-state index contributed by atoms with van der Waals surface area (Å²) in [6, 6.07) is 5.04. The number of esters is 1. The van der Waals surface area contributed by atoms with Gasteiger partial charge in [-0.1, -0.05) is 12.1 Å². The lowest BCUT2D eigenvalue weighted by molar-refractivity contribution is -0.152. The number of hydrogen-bond acceptors (Lipinski definition) is 6. The number of nitrogens with zero attached hydrogens (tertiary/aromatic N) is 1. The Morgan fingerprint density at radius 1 is 1.24 bits per heavy atom. The minimum atomic E-state index is -3.83. The van der Waals surface area contributed by atoms with Crippen LogP contribution in [0.4, 0.5) is 0 Å². The van der Waals surface area contributed by atoms with Crippen molar-refractivity contribution in [2.24, 2.45) is 0 Å². The SMILES string of the molecule is Cc1ccc(C)c(S(=O)(=O)NCC(=O)OCC(=O)N2CCOCC2)c1. The average Bonchev–Trinajstić information content (AvgIpc) is 2.60. The van der Waals surface area contributed by atoms with E-state index in [-0.39, 0.29) is 10.8 Å². The lowest BCUT2D eigenvalue weighted by Crippen LogP contribution is -2.43. The Morgan fingerprint density at radius 3 is 2.60 bits per heavy atom. The average molecular weight is 370 g/mol. The molecule has 1 saturated heterocycles. The van der Waals surface area contributed by atoms with E-state index in [2.05, 4.69) is 4.72 Å². The van der Waals surface area contributed by atoms with Crippen LogP contribution in [0.5, 0.6) is 0 Å². The number of carbonyl (C=O) groups is 2. The molecule has 1 heterocycles. The van der Waals surface area contributed by atoms with Gasteiger partial charge in [0, 0.05) is 13.1 Å². The Hall–Kier alpha value is -1.97. The molecule has 9 heteroatoms. The zero-order chi connectivity index (χ0) is 18.4. The first kappa shape index (κ1) is 19.4. The van der Waals surface area contributed by atoms with E-state index in [1.54, 1.807) is 26.0 Å². The van der Waals surface area contributed by atoms with E-state index in [0.717, 1.165) is 5.56 Å². The van der Waals surface area contributed by atoms with Gasteiger partial charge >= 0.3 is 5.97 Å². The van der Waals surface area contributed by atoms with E-state index in [0.29, 0.717) is 31.9 Å². The molecular formula is C16H22N2O6S. The van der Waals surface area contributed by atoms with E-state index in [4.69, 9.17) is 9.47 Å². The minimum Gasteiger partial charge on any atom is -0.455 e. The Kier molecular flexibility index (Phi) is 6.51. The van der Waals surface area contributed by atoms with Crippen LogP contribution in [0.25, 0.3) is 0 Å². The largest absolute Gasteiger partial charge is 0.455 e. The minimum absolute atomic E-state index is 0.115. The number of nitrogens with one attached hydrogen (secondary N) is 1. The predicted octanol–water partition coefficient (Wildman–Crippen LogP) is -0.0163. The van der Waals surface area contributed by atoms with Gasteiger partial charge < -0.3 is 14.4 Å². The normalized spacial score (nSPS) is 15.0. The molecule has 1 aliphatic rings. The van der Waals surface area contributed by atoms with Gasteiger partial charge in [0.25, 0.3) is 5.91 Å². The number of rotatable bonds is 6. The van der Waals surface area contributed by atoms with Gasteiger partial charge in [-0.3, -0.25) is 9.59 Å². The van der Waals surface area contributed by atoms with Crippen molar-refractivity contribution in [2.45, 2.75) is 18.7 Å². The van der Waals surface area contributed by atoms with Crippen molar-refractivity contribution in [2.75, 3.05) is 39.5 Å². The maximum absolute atomic E-state index is 12.3. The monoisotopic (exact) mass is 370 g/mol. The van der Waals surface area contributed by atoms with Crippen LogP contribution in [-0.4, -0.2) is 64.6 Å². The van der Waals surface area contributed by atoms with E-state index in [9.17, 15) is 18.0 Å². The van der Waals surface area contributed by atoms with Crippen LogP contribution in [0.1, 0.15) is 11.1 Å². The number of sulfonamides is 1.